The SMILES string of the molecule is CCc1cc([C@@H](c2cccc(F)c2)N2CCOCC2)c(NC(=O)c2ccco2)s1. The van der Waals surface area contributed by atoms with E-state index in [4.69, 9.17) is 9.15 Å². The molecule has 5 nitrogen and oxygen atoms in total. The smallest absolute Gasteiger partial charge is 0.291 e. The Morgan fingerprint density at radius 2 is 2.07 bits per heavy atom. The molecule has 1 aromatic carbocycles. The van der Waals surface area contributed by atoms with Crippen LogP contribution in [0.15, 0.2) is 53.1 Å². The van der Waals surface area contributed by atoms with Gasteiger partial charge >= 0.3 is 0 Å². The molecular weight excluding hydrogens is 391 g/mol. The number of benzene rings is 1. The van der Waals surface area contributed by atoms with Crippen molar-refractivity contribution in [2.45, 2.75) is 19.4 Å². The summed E-state index contributed by atoms with van der Waals surface area (Å²) < 4.78 is 24.8. The number of nitrogens with one attached hydrogen (secondary N) is 1. The second kappa shape index (κ2) is 8.90. The van der Waals surface area contributed by atoms with E-state index in [1.807, 2.05) is 6.07 Å². The van der Waals surface area contributed by atoms with Crippen LogP contribution in [0, 0.1) is 5.82 Å². The molecule has 1 N–H and O–H groups in total. The van der Waals surface area contributed by atoms with Crippen molar-refractivity contribution in [3.05, 3.63) is 76.3 Å². The van der Waals surface area contributed by atoms with Gasteiger partial charge < -0.3 is 14.5 Å². The van der Waals surface area contributed by atoms with Gasteiger partial charge in [0, 0.05) is 23.5 Å². The number of ether oxygens (including phenoxy) is 1. The second-order valence-electron chi connectivity index (χ2n) is 6.89. The normalized spacial score (nSPS) is 15.9. The van der Waals surface area contributed by atoms with Crippen LogP contribution in [0.25, 0.3) is 0 Å². The summed E-state index contributed by atoms with van der Waals surface area (Å²) in [4.78, 5) is 16.1. The summed E-state index contributed by atoms with van der Waals surface area (Å²) in [7, 11) is 0. The predicted molar refractivity (Wildman–Crippen MR) is 111 cm³/mol. The van der Waals surface area contributed by atoms with Crippen molar-refractivity contribution >= 4 is 22.2 Å². The molecule has 0 saturated carbocycles. The highest BCUT2D eigenvalue weighted by molar-refractivity contribution is 7.16. The predicted octanol–water partition coefficient (Wildman–Crippen LogP) is 4.72. The van der Waals surface area contributed by atoms with E-state index >= 15 is 0 Å². The molecule has 0 radical (unpaired) electrons. The highest BCUT2D eigenvalue weighted by Crippen LogP contribution is 2.40. The maximum Gasteiger partial charge on any atom is 0.291 e. The quantitative estimate of drug-likeness (QED) is 0.634. The van der Waals surface area contributed by atoms with Crippen LogP contribution in [0.2, 0.25) is 0 Å². The molecule has 3 aromatic rings. The fraction of sp³-hybridized carbons (Fsp3) is 0.318. The number of aryl methyl sites for hydroxylation is 1. The lowest BCUT2D eigenvalue weighted by Gasteiger charge is -2.35. The van der Waals surface area contributed by atoms with Crippen LogP contribution < -0.4 is 5.32 Å². The van der Waals surface area contributed by atoms with Crippen LogP contribution in [0.1, 0.15) is 39.5 Å². The lowest BCUT2D eigenvalue weighted by atomic mass is 9.97. The summed E-state index contributed by atoms with van der Waals surface area (Å²) in [6.45, 7) is 4.82. The zero-order valence-electron chi connectivity index (χ0n) is 16.2. The first kappa shape index (κ1) is 19.8. The highest BCUT2D eigenvalue weighted by atomic mass is 32.1. The maximum absolute atomic E-state index is 14.1. The first-order valence-corrected chi connectivity index (χ1v) is 10.5. The van der Waals surface area contributed by atoms with Crippen LogP contribution in [0.4, 0.5) is 9.39 Å². The molecular formula is C22H23FN2O3S. The van der Waals surface area contributed by atoms with Crippen molar-refractivity contribution in [2.75, 3.05) is 31.6 Å². The first-order valence-electron chi connectivity index (χ1n) is 9.70. The molecule has 4 rings (SSSR count). The molecule has 0 aliphatic carbocycles. The van der Waals surface area contributed by atoms with E-state index in [2.05, 4.69) is 23.2 Å². The third-order valence-corrected chi connectivity index (χ3v) is 6.21. The number of morpholine rings is 1. The zero-order chi connectivity index (χ0) is 20.2. The zero-order valence-corrected chi connectivity index (χ0v) is 17.0. The lowest BCUT2D eigenvalue weighted by Crippen LogP contribution is -2.39. The third kappa shape index (κ3) is 4.42. The Balaban J connectivity index is 1.75. The maximum atomic E-state index is 14.1. The van der Waals surface area contributed by atoms with Crippen molar-refractivity contribution < 1.29 is 18.3 Å². The Kier molecular flexibility index (Phi) is 6.08. The summed E-state index contributed by atoms with van der Waals surface area (Å²) in [6, 6.07) is 12.0. The Hall–Kier alpha value is -2.48. The van der Waals surface area contributed by atoms with Gasteiger partial charge in [-0.25, -0.2) is 4.39 Å². The molecule has 3 heterocycles. The molecule has 1 aliphatic heterocycles. The number of furan rings is 1. The molecule has 1 fully saturated rings. The van der Waals surface area contributed by atoms with Gasteiger partial charge in [-0.05, 0) is 42.3 Å². The molecule has 0 unspecified atom stereocenters. The fourth-order valence-corrected chi connectivity index (χ4v) is 4.63. The van der Waals surface area contributed by atoms with Gasteiger partial charge in [-0.1, -0.05) is 19.1 Å². The summed E-state index contributed by atoms with van der Waals surface area (Å²) >= 11 is 1.55. The number of thiophene rings is 1. The first-order chi connectivity index (χ1) is 14.2. The summed E-state index contributed by atoms with van der Waals surface area (Å²) in [5.74, 6) is -0.301. The Labute approximate surface area is 173 Å². The molecule has 152 valence electrons. The van der Waals surface area contributed by atoms with E-state index in [0.29, 0.717) is 13.2 Å². The van der Waals surface area contributed by atoms with Gasteiger partial charge in [0.15, 0.2) is 5.76 Å². The standard InChI is InChI=1S/C22H23FN2O3S/c1-2-17-14-18(22(29-17)24-21(26)19-7-4-10-28-19)20(25-8-11-27-12-9-25)15-5-3-6-16(23)13-15/h3-7,10,13-14,20H,2,8-9,11-12H2,1H3,(H,24,26)/t20-/m1/s1. The number of hydrogen-bond acceptors (Lipinski definition) is 5. The number of hydrogen-bond donors (Lipinski definition) is 1. The Bertz CT molecular complexity index is 964. The van der Waals surface area contributed by atoms with Crippen molar-refractivity contribution in [2.24, 2.45) is 0 Å². The molecule has 0 spiro atoms. The average Bonchev–Trinajstić information content (AvgIpc) is 3.40. The van der Waals surface area contributed by atoms with Crippen molar-refractivity contribution in [1.29, 1.82) is 0 Å². The molecule has 1 atom stereocenters. The summed E-state index contributed by atoms with van der Waals surface area (Å²) in [5, 5.41) is 3.77. The van der Waals surface area contributed by atoms with E-state index in [9.17, 15) is 9.18 Å². The third-order valence-electron chi connectivity index (χ3n) is 5.00. The molecule has 29 heavy (non-hydrogen) atoms. The monoisotopic (exact) mass is 414 g/mol. The average molecular weight is 415 g/mol. The number of amides is 1. The number of carbonyl (C=O) groups is 1. The van der Waals surface area contributed by atoms with Crippen molar-refractivity contribution in [3.63, 3.8) is 0 Å². The van der Waals surface area contributed by atoms with Gasteiger partial charge in [0.25, 0.3) is 5.91 Å². The van der Waals surface area contributed by atoms with E-state index in [1.165, 1.54) is 12.3 Å². The molecule has 7 heteroatoms. The van der Waals surface area contributed by atoms with Crippen molar-refractivity contribution in [3.8, 4) is 0 Å². The second-order valence-corrected chi connectivity index (χ2v) is 8.02. The van der Waals surface area contributed by atoms with Crippen LogP contribution in [-0.4, -0.2) is 37.1 Å². The van der Waals surface area contributed by atoms with Crippen molar-refractivity contribution in [1.82, 2.24) is 4.90 Å². The summed E-state index contributed by atoms with van der Waals surface area (Å²) in [5.41, 5.74) is 1.83. The Morgan fingerprint density at radius 3 is 2.76 bits per heavy atom. The molecule has 0 bridgehead atoms. The molecule has 2 aromatic heterocycles. The number of rotatable bonds is 6. The van der Waals surface area contributed by atoms with Crippen LogP contribution in [-0.2, 0) is 11.2 Å². The van der Waals surface area contributed by atoms with Gasteiger partial charge in [0.05, 0.1) is 25.5 Å². The number of halogens is 1. The van der Waals surface area contributed by atoms with Gasteiger partial charge in [-0.3, -0.25) is 9.69 Å². The Morgan fingerprint density at radius 1 is 1.24 bits per heavy atom. The van der Waals surface area contributed by atoms with Gasteiger partial charge in [0.1, 0.15) is 10.8 Å². The van der Waals surface area contributed by atoms with Crippen LogP contribution in [0.5, 0.6) is 0 Å². The number of anilines is 1. The van der Waals surface area contributed by atoms with Gasteiger partial charge in [0.2, 0.25) is 0 Å². The minimum absolute atomic E-state index is 0.168. The van der Waals surface area contributed by atoms with Gasteiger partial charge in [-0.2, -0.15) is 0 Å². The largest absolute Gasteiger partial charge is 0.459 e. The van der Waals surface area contributed by atoms with Crippen LogP contribution in [0.3, 0.4) is 0 Å². The van der Waals surface area contributed by atoms with E-state index < -0.39 is 0 Å². The van der Waals surface area contributed by atoms with E-state index in [0.717, 1.165) is 40.5 Å². The molecule has 1 aliphatic rings. The highest BCUT2D eigenvalue weighted by Gasteiger charge is 2.29. The summed E-state index contributed by atoms with van der Waals surface area (Å²) in [6.07, 6.45) is 2.33. The molecule has 1 amide bonds. The van der Waals surface area contributed by atoms with Gasteiger partial charge in [-0.15, -0.1) is 11.3 Å². The van der Waals surface area contributed by atoms with Crippen LogP contribution >= 0.6 is 11.3 Å². The fourth-order valence-electron chi connectivity index (χ4n) is 3.61. The van der Waals surface area contributed by atoms with E-state index in [-0.39, 0.29) is 23.5 Å². The molecule has 1 saturated heterocycles. The number of nitrogens with zero attached hydrogens (tertiary/aromatic N) is 1. The topological polar surface area (TPSA) is 54.7 Å². The lowest BCUT2D eigenvalue weighted by molar-refractivity contribution is 0.0241. The van der Waals surface area contributed by atoms with E-state index in [1.54, 1.807) is 35.6 Å². The minimum atomic E-state index is -0.291. The minimum Gasteiger partial charge on any atom is -0.459 e. The number of carbonyl (C=O) groups excluding carboxylic acids is 1.